The first-order valence-corrected chi connectivity index (χ1v) is 6.24. The molecule has 0 radical (unpaired) electrons. The van der Waals surface area contributed by atoms with Gasteiger partial charge in [0, 0.05) is 24.5 Å². The molecule has 2 aliphatic heterocycles. The summed E-state index contributed by atoms with van der Waals surface area (Å²) in [5.74, 6) is 0. The van der Waals surface area contributed by atoms with Gasteiger partial charge in [0.2, 0.25) is 0 Å². The topological polar surface area (TPSA) is 12.5 Å². The van der Waals surface area contributed by atoms with E-state index in [1.165, 1.54) is 38.8 Å². The fourth-order valence-corrected chi connectivity index (χ4v) is 2.80. The summed E-state index contributed by atoms with van der Waals surface area (Å²) in [4.78, 5) is 3.24. The highest BCUT2D eigenvalue weighted by molar-refractivity contribution is 9.09. The van der Waals surface area contributed by atoms with Gasteiger partial charge in [-0.05, 0) is 32.2 Å². The van der Waals surface area contributed by atoms with Crippen LogP contribution in [0.15, 0.2) is 0 Å². The van der Waals surface area contributed by atoms with Crippen LogP contribution in [-0.4, -0.2) is 42.1 Å². The normalized spacial score (nSPS) is 36.7. The van der Waals surface area contributed by atoms with Gasteiger partial charge >= 0.3 is 0 Å². The Morgan fingerprint density at radius 2 is 2.23 bits per heavy atom. The molecule has 76 valence electrons. The summed E-state index contributed by atoms with van der Waals surface area (Å²) < 4.78 is 5.72. The summed E-state index contributed by atoms with van der Waals surface area (Å²) in [5.41, 5.74) is 0. The Bertz CT molecular complexity index is 156. The number of likely N-dealkylation sites (tertiary alicyclic amines) is 1. The van der Waals surface area contributed by atoms with Crippen molar-refractivity contribution in [3.63, 3.8) is 0 Å². The van der Waals surface area contributed by atoms with Gasteiger partial charge in [-0.25, -0.2) is 0 Å². The van der Waals surface area contributed by atoms with Gasteiger partial charge in [0.25, 0.3) is 0 Å². The van der Waals surface area contributed by atoms with E-state index in [4.69, 9.17) is 4.74 Å². The van der Waals surface area contributed by atoms with Crippen molar-refractivity contribution in [3.05, 3.63) is 0 Å². The maximum absolute atomic E-state index is 5.72. The molecular weight excluding hydrogens is 230 g/mol. The molecule has 0 aromatic carbocycles. The van der Waals surface area contributed by atoms with Crippen LogP contribution in [0.25, 0.3) is 0 Å². The van der Waals surface area contributed by atoms with E-state index in [0.717, 1.165) is 18.0 Å². The lowest BCUT2D eigenvalue weighted by atomic mass is 10.1. The van der Waals surface area contributed by atoms with Crippen molar-refractivity contribution in [1.82, 2.24) is 4.90 Å². The van der Waals surface area contributed by atoms with Crippen molar-refractivity contribution in [1.29, 1.82) is 0 Å². The number of halogens is 1. The molecule has 13 heavy (non-hydrogen) atoms. The zero-order valence-electron chi connectivity index (χ0n) is 8.04. The van der Waals surface area contributed by atoms with Crippen molar-refractivity contribution in [2.24, 2.45) is 0 Å². The highest BCUT2D eigenvalue weighted by Crippen LogP contribution is 2.19. The third kappa shape index (κ3) is 2.93. The summed E-state index contributed by atoms with van der Waals surface area (Å²) in [6.45, 7) is 4.59. The molecule has 2 rings (SSSR count). The average molecular weight is 248 g/mol. The second-order valence-electron chi connectivity index (χ2n) is 4.13. The van der Waals surface area contributed by atoms with E-state index < -0.39 is 0 Å². The molecule has 0 saturated carbocycles. The smallest absolute Gasteiger partial charge is 0.0702 e. The molecule has 0 bridgehead atoms. The highest BCUT2D eigenvalue weighted by atomic mass is 79.9. The first-order valence-electron chi connectivity index (χ1n) is 5.32. The third-order valence-corrected chi connectivity index (χ3v) is 3.70. The Labute approximate surface area is 88.8 Å². The van der Waals surface area contributed by atoms with E-state index in [-0.39, 0.29) is 0 Å². The molecule has 0 N–H and O–H groups in total. The number of rotatable bonds is 2. The lowest BCUT2D eigenvalue weighted by Crippen LogP contribution is -2.34. The van der Waals surface area contributed by atoms with Gasteiger partial charge in [-0.1, -0.05) is 15.9 Å². The van der Waals surface area contributed by atoms with Gasteiger partial charge < -0.3 is 4.74 Å². The summed E-state index contributed by atoms with van der Waals surface area (Å²) in [7, 11) is 0. The van der Waals surface area contributed by atoms with Gasteiger partial charge in [-0.2, -0.15) is 0 Å². The van der Waals surface area contributed by atoms with Crippen molar-refractivity contribution in [2.45, 2.75) is 36.6 Å². The Kier molecular flexibility index (Phi) is 3.64. The molecule has 2 saturated heterocycles. The Hall–Kier alpha value is 0.400. The Morgan fingerprint density at radius 1 is 1.31 bits per heavy atom. The van der Waals surface area contributed by atoms with Crippen LogP contribution in [0.2, 0.25) is 0 Å². The zero-order chi connectivity index (χ0) is 9.10. The molecule has 2 atom stereocenters. The SMILES string of the molecule is BrC1CCN(CC2CCCCO2)C1. The Morgan fingerprint density at radius 3 is 2.85 bits per heavy atom. The van der Waals surface area contributed by atoms with E-state index >= 15 is 0 Å². The van der Waals surface area contributed by atoms with Crippen LogP contribution in [0.3, 0.4) is 0 Å². The zero-order valence-corrected chi connectivity index (χ0v) is 9.63. The van der Waals surface area contributed by atoms with E-state index in [0.29, 0.717) is 6.10 Å². The van der Waals surface area contributed by atoms with Crippen LogP contribution in [0.1, 0.15) is 25.7 Å². The van der Waals surface area contributed by atoms with Gasteiger partial charge in [-0.15, -0.1) is 0 Å². The van der Waals surface area contributed by atoms with Crippen molar-refractivity contribution >= 4 is 15.9 Å². The fraction of sp³-hybridized carbons (Fsp3) is 1.00. The molecule has 2 nitrogen and oxygen atoms in total. The van der Waals surface area contributed by atoms with E-state index in [1.807, 2.05) is 0 Å². The van der Waals surface area contributed by atoms with Crippen molar-refractivity contribution in [3.8, 4) is 0 Å². The van der Waals surface area contributed by atoms with E-state index in [9.17, 15) is 0 Å². The highest BCUT2D eigenvalue weighted by Gasteiger charge is 2.23. The average Bonchev–Trinajstić information content (AvgIpc) is 2.53. The van der Waals surface area contributed by atoms with Gasteiger partial charge in [0.05, 0.1) is 6.10 Å². The minimum absolute atomic E-state index is 0.520. The molecule has 0 aliphatic carbocycles. The van der Waals surface area contributed by atoms with Crippen LogP contribution in [0.5, 0.6) is 0 Å². The molecule has 0 amide bonds. The number of hydrogen-bond acceptors (Lipinski definition) is 2. The molecule has 3 heteroatoms. The number of hydrogen-bond donors (Lipinski definition) is 0. The van der Waals surface area contributed by atoms with Crippen LogP contribution in [-0.2, 0) is 4.74 Å². The minimum atomic E-state index is 0.520. The Balaban J connectivity index is 1.71. The number of ether oxygens (including phenoxy) is 1. The van der Waals surface area contributed by atoms with Gasteiger partial charge in [-0.3, -0.25) is 4.90 Å². The first-order chi connectivity index (χ1) is 6.34. The monoisotopic (exact) mass is 247 g/mol. The molecule has 0 aromatic heterocycles. The second-order valence-corrected chi connectivity index (χ2v) is 5.43. The molecule has 2 heterocycles. The molecule has 2 fully saturated rings. The lowest BCUT2D eigenvalue weighted by Gasteiger charge is -2.26. The first kappa shape index (κ1) is 9.94. The number of nitrogens with zero attached hydrogens (tertiary/aromatic N) is 1. The fourth-order valence-electron chi connectivity index (χ4n) is 2.19. The minimum Gasteiger partial charge on any atom is -0.377 e. The summed E-state index contributed by atoms with van der Waals surface area (Å²) >= 11 is 3.66. The predicted octanol–water partition coefficient (Wildman–Crippen LogP) is 2.02. The largest absolute Gasteiger partial charge is 0.377 e. The standard InChI is InChI=1S/C10H18BrNO/c11-9-4-5-12(7-9)8-10-3-1-2-6-13-10/h9-10H,1-8H2. The molecular formula is C10H18BrNO. The van der Waals surface area contributed by atoms with Crippen LogP contribution >= 0.6 is 15.9 Å². The molecule has 0 spiro atoms. The van der Waals surface area contributed by atoms with Gasteiger partial charge in [0.15, 0.2) is 0 Å². The van der Waals surface area contributed by atoms with E-state index in [2.05, 4.69) is 20.8 Å². The van der Waals surface area contributed by atoms with E-state index in [1.54, 1.807) is 0 Å². The molecule has 0 aromatic rings. The summed E-state index contributed by atoms with van der Waals surface area (Å²) in [6, 6.07) is 0. The summed E-state index contributed by atoms with van der Waals surface area (Å²) in [5, 5.41) is 0. The second kappa shape index (κ2) is 4.76. The van der Waals surface area contributed by atoms with Gasteiger partial charge in [0.1, 0.15) is 0 Å². The molecule has 2 unspecified atom stereocenters. The third-order valence-electron chi connectivity index (χ3n) is 2.95. The summed E-state index contributed by atoms with van der Waals surface area (Å²) in [6.07, 6.45) is 5.70. The maximum atomic E-state index is 5.72. The van der Waals surface area contributed by atoms with Crippen LogP contribution in [0, 0.1) is 0 Å². The maximum Gasteiger partial charge on any atom is 0.0702 e. The van der Waals surface area contributed by atoms with Crippen molar-refractivity contribution in [2.75, 3.05) is 26.2 Å². The quantitative estimate of drug-likeness (QED) is 0.693. The van der Waals surface area contributed by atoms with Crippen molar-refractivity contribution < 1.29 is 4.74 Å². The predicted molar refractivity (Wildman–Crippen MR) is 57.4 cm³/mol. The lowest BCUT2D eigenvalue weighted by molar-refractivity contribution is -0.00174. The van der Waals surface area contributed by atoms with Crippen LogP contribution in [0.4, 0.5) is 0 Å². The van der Waals surface area contributed by atoms with Crippen LogP contribution < -0.4 is 0 Å². The number of alkyl halides is 1. The molecule has 2 aliphatic rings.